The van der Waals surface area contributed by atoms with Crippen molar-refractivity contribution in [2.24, 2.45) is 11.7 Å². The summed E-state index contributed by atoms with van der Waals surface area (Å²) in [4.78, 5) is 12.9. The van der Waals surface area contributed by atoms with Crippen molar-refractivity contribution < 1.29 is 4.79 Å². The molecule has 3 N–H and O–H groups in total. The van der Waals surface area contributed by atoms with Gasteiger partial charge in [0.1, 0.15) is 0 Å². The molecule has 0 bridgehead atoms. The summed E-state index contributed by atoms with van der Waals surface area (Å²) >= 11 is 7.29. The molecule has 1 amide bonds. The molecule has 5 heteroatoms. The Kier molecular flexibility index (Phi) is 4.78. The molecule has 0 saturated heterocycles. The maximum atomic E-state index is 12.3. The van der Waals surface area contributed by atoms with Crippen LogP contribution < -0.4 is 11.1 Å². The van der Waals surface area contributed by atoms with Crippen LogP contribution in [-0.2, 0) is 0 Å². The maximum Gasteiger partial charge on any atom is 0.252 e. The van der Waals surface area contributed by atoms with Gasteiger partial charge >= 0.3 is 0 Å². The summed E-state index contributed by atoms with van der Waals surface area (Å²) < 4.78 is 1.00. The quantitative estimate of drug-likeness (QED) is 0.619. The van der Waals surface area contributed by atoms with Crippen molar-refractivity contribution in [1.82, 2.24) is 5.32 Å². The fourth-order valence-electron chi connectivity index (χ4n) is 2.54. The smallest absolute Gasteiger partial charge is 0.252 e. The van der Waals surface area contributed by atoms with Gasteiger partial charge in [0, 0.05) is 15.5 Å². The fourth-order valence-corrected chi connectivity index (χ4v) is 3.43. The molecule has 1 aromatic rings. The Morgan fingerprint density at radius 2 is 2.21 bits per heavy atom. The number of benzene rings is 1. The molecule has 0 radical (unpaired) electrons. The van der Waals surface area contributed by atoms with E-state index in [2.05, 4.69) is 27.9 Å². The highest BCUT2D eigenvalue weighted by Gasteiger charge is 2.31. The molecule has 1 aliphatic rings. The first-order valence-corrected chi connectivity index (χ1v) is 7.84. The zero-order valence-electron chi connectivity index (χ0n) is 10.8. The molecule has 102 valence electrons. The average molecular weight is 388 g/mol. The largest absolute Gasteiger partial charge is 0.393 e. The highest BCUT2D eigenvalue weighted by molar-refractivity contribution is 14.1. The van der Waals surface area contributed by atoms with Crippen molar-refractivity contribution in [3.8, 4) is 0 Å². The van der Waals surface area contributed by atoms with Gasteiger partial charge in [-0.15, -0.1) is 0 Å². The molecule has 0 aromatic heterocycles. The lowest BCUT2D eigenvalue weighted by Crippen LogP contribution is -2.42. The predicted octanol–water partition coefficient (Wildman–Crippen LogP) is 2.78. The molecule has 2 unspecified atom stereocenters. The number of aryl methyl sites for hydroxylation is 1. The van der Waals surface area contributed by atoms with Crippen LogP contribution in [0.15, 0.2) is 18.2 Å². The van der Waals surface area contributed by atoms with Gasteiger partial charge in [0.25, 0.3) is 5.91 Å². The van der Waals surface area contributed by atoms with Crippen LogP contribution in [0.25, 0.3) is 0 Å². The van der Waals surface area contributed by atoms with Gasteiger partial charge in [0.15, 0.2) is 0 Å². The average Bonchev–Trinajstić information content (AvgIpc) is 2.80. The number of amides is 1. The number of nitrogens with one attached hydrogen (secondary N) is 1. The molecule has 1 fully saturated rings. The van der Waals surface area contributed by atoms with Gasteiger partial charge in [0.05, 0.1) is 10.6 Å². The topological polar surface area (TPSA) is 55.1 Å². The van der Waals surface area contributed by atoms with E-state index in [9.17, 15) is 4.79 Å². The summed E-state index contributed by atoms with van der Waals surface area (Å²) in [6.07, 6.45) is 3.00. The van der Waals surface area contributed by atoms with Crippen LogP contribution in [0.3, 0.4) is 0 Å². The zero-order chi connectivity index (χ0) is 14.0. The van der Waals surface area contributed by atoms with Gasteiger partial charge in [-0.05, 0) is 54.0 Å². The lowest BCUT2D eigenvalue weighted by atomic mass is 10.0. The minimum Gasteiger partial charge on any atom is -0.393 e. The van der Waals surface area contributed by atoms with Crippen LogP contribution in [0, 0.1) is 16.4 Å². The lowest BCUT2D eigenvalue weighted by molar-refractivity contribution is 0.0933. The second kappa shape index (κ2) is 6.17. The fraction of sp³-hybridized carbons (Fsp3) is 0.429. The molecule has 0 aliphatic heterocycles. The number of thiocarbonyl (C=S) groups is 1. The summed E-state index contributed by atoms with van der Waals surface area (Å²) in [5.74, 6) is 0.114. The van der Waals surface area contributed by atoms with Crippen LogP contribution in [0.1, 0.15) is 35.2 Å². The molecular weight excluding hydrogens is 371 g/mol. The lowest BCUT2D eigenvalue weighted by Gasteiger charge is -2.20. The summed E-state index contributed by atoms with van der Waals surface area (Å²) in [5.41, 5.74) is 7.58. The van der Waals surface area contributed by atoms with Gasteiger partial charge in [-0.1, -0.05) is 30.8 Å². The number of hydrogen-bond acceptors (Lipinski definition) is 2. The van der Waals surface area contributed by atoms with E-state index >= 15 is 0 Å². The van der Waals surface area contributed by atoms with Gasteiger partial charge in [-0.2, -0.15) is 0 Å². The molecule has 0 heterocycles. The molecule has 19 heavy (non-hydrogen) atoms. The first-order valence-electron chi connectivity index (χ1n) is 6.36. The second-order valence-corrected chi connectivity index (χ2v) is 6.51. The predicted molar refractivity (Wildman–Crippen MR) is 89.3 cm³/mol. The van der Waals surface area contributed by atoms with Crippen LogP contribution in [0.5, 0.6) is 0 Å². The van der Waals surface area contributed by atoms with E-state index in [1.54, 1.807) is 0 Å². The van der Waals surface area contributed by atoms with Crippen molar-refractivity contribution in [1.29, 1.82) is 0 Å². The molecule has 1 aromatic carbocycles. The maximum absolute atomic E-state index is 12.3. The van der Waals surface area contributed by atoms with Crippen LogP contribution in [0.4, 0.5) is 0 Å². The summed E-state index contributed by atoms with van der Waals surface area (Å²) in [5, 5.41) is 3.08. The van der Waals surface area contributed by atoms with Crippen molar-refractivity contribution in [2.45, 2.75) is 32.2 Å². The molecule has 2 atom stereocenters. The molecule has 2 rings (SSSR count). The highest BCUT2D eigenvalue weighted by atomic mass is 127. The number of nitrogens with two attached hydrogens (primary N) is 1. The van der Waals surface area contributed by atoms with Gasteiger partial charge in [-0.3, -0.25) is 4.79 Å². The molecule has 0 spiro atoms. The van der Waals surface area contributed by atoms with Crippen molar-refractivity contribution in [3.05, 3.63) is 32.9 Å². The molecule has 3 nitrogen and oxygen atoms in total. The number of carbonyl (C=O) groups excluding carboxylic acids is 1. The third-order valence-electron chi connectivity index (χ3n) is 3.63. The van der Waals surface area contributed by atoms with Crippen LogP contribution >= 0.6 is 34.8 Å². The van der Waals surface area contributed by atoms with Crippen molar-refractivity contribution in [2.75, 3.05) is 0 Å². The van der Waals surface area contributed by atoms with E-state index in [4.69, 9.17) is 18.0 Å². The monoisotopic (exact) mass is 388 g/mol. The van der Waals surface area contributed by atoms with Gasteiger partial charge < -0.3 is 11.1 Å². The Morgan fingerprint density at radius 1 is 1.47 bits per heavy atom. The third kappa shape index (κ3) is 3.25. The van der Waals surface area contributed by atoms with E-state index in [1.807, 2.05) is 25.1 Å². The number of carbonyl (C=O) groups is 1. The molecule has 1 saturated carbocycles. The summed E-state index contributed by atoms with van der Waals surface area (Å²) in [7, 11) is 0. The number of halogens is 1. The molecule has 1 aliphatic carbocycles. The normalized spacial score (nSPS) is 22.2. The van der Waals surface area contributed by atoms with Gasteiger partial charge in [-0.25, -0.2) is 0 Å². The number of rotatable bonds is 3. The van der Waals surface area contributed by atoms with Crippen LogP contribution in [0.2, 0.25) is 0 Å². The third-order valence-corrected chi connectivity index (χ3v) is 5.37. The summed E-state index contributed by atoms with van der Waals surface area (Å²) in [6.45, 7) is 2.01. The Bertz CT molecular complexity index is 518. The van der Waals surface area contributed by atoms with Crippen molar-refractivity contribution >= 4 is 45.7 Å². The van der Waals surface area contributed by atoms with Gasteiger partial charge in [0.2, 0.25) is 0 Å². The van der Waals surface area contributed by atoms with E-state index in [0.29, 0.717) is 4.99 Å². The minimum atomic E-state index is -0.0266. The Balaban J connectivity index is 2.13. The SMILES string of the molecule is Cc1cccc(C(=O)NC2CCCC2C(N)=S)c1I. The first kappa shape index (κ1) is 14.7. The Morgan fingerprint density at radius 3 is 2.89 bits per heavy atom. The first-order chi connectivity index (χ1) is 9.00. The zero-order valence-corrected chi connectivity index (χ0v) is 13.8. The minimum absolute atomic E-state index is 0.0266. The number of hydrogen-bond donors (Lipinski definition) is 2. The van der Waals surface area contributed by atoms with E-state index in [0.717, 1.165) is 34.0 Å². The van der Waals surface area contributed by atoms with E-state index < -0.39 is 0 Å². The Labute approximate surface area is 132 Å². The van der Waals surface area contributed by atoms with E-state index in [-0.39, 0.29) is 17.9 Å². The van der Waals surface area contributed by atoms with E-state index in [1.165, 1.54) is 0 Å². The van der Waals surface area contributed by atoms with Crippen molar-refractivity contribution in [3.63, 3.8) is 0 Å². The van der Waals surface area contributed by atoms with Crippen LogP contribution in [-0.4, -0.2) is 16.9 Å². The second-order valence-electron chi connectivity index (χ2n) is 4.96. The Hall–Kier alpha value is -0.690. The summed E-state index contributed by atoms with van der Waals surface area (Å²) in [6, 6.07) is 5.86. The molecular formula is C14H17IN2OS. The standard InChI is InChI=1S/C14H17IN2OS/c1-8-4-2-6-10(12(8)15)14(18)17-11-7-3-5-9(11)13(16)19/h2,4,6,9,11H,3,5,7H2,1H3,(H2,16,19)(H,17,18). The highest BCUT2D eigenvalue weighted by Crippen LogP contribution is 2.26.